The molecule has 2 rings (SSSR count). The van der Waals surface area contributed by atoms with Gasteiger partial charge in [-0.1, -0.05) is 44.5 Å². The summed E-state index contributed by atoms with van der Waals surface area (Å²) in [4.78, 5) is 0. The lowest BCUT2D eigenvalue weighted by molar-refractivity contribution is 0.481. The summed E-state index contributed by atoms with van der Waals surface area (Å²) < 4.78 is 0. The molecule has 0 heterocycles. The normalized spacial score (nSPS) is 17.1. The maximum Gasteiger partial charge on any atom is 0.0348 e. The Kier molecular flexibility index (Phi) is 4.61. The second-order valence-corrected chi connectivity index (χ2v) is 5.26. The van der Waals surface area contributed by atoms with Gasteiger partial charge in [-0.15, -0.1) is 0 Å². The Morgan fingerprint density at radius 3 is 2.35 bits per heavy atom. The van der Waals surface area contributed by atoms with Crippen molar-refractivity contribution in [2.24, 2.45) is 5.92 Å². The lowest BCUT2D eigenvalue weighted by atomic mass is 9.99. The van der Waals surface area contributed by atoms with E-state index in [2.05, 4.69) is 43.4 Å². The monoisotopic (exact) mass is 231 g/mol. The van der Waals surface area contributed by atoms with E-state index < -0.39 is 0 Å². The van der Waals surface area contributed by atoms with E-state index >= 15 is 0 Å². The van der Waals surface area contributed by atoms with Crippen LogP contribution in [0.5, 0.6) is 0 Å². The van der Waals surface area contributed by atoms with E-state index in [1.165, 1.54) is 43.2 Å². The van der Waals surface area contributed by atoms with Crippen molar-refractivity contribution in [2.45, 2.75) is 52.0 Å². The fraction of sp³-hybridized carbons (Fsp3) is 0.625. The van der Waals surface area contributed by atoms with Gasteiger partial charge in [0.15, 0.2) is 0 Å². The predicted molar refractivity (Wildman–Crippen MR) is 74.2 cm³/mol. The Bertz CT molecular complexity index is 324. The fourth-order valence-electron chi connectivity index (χ4n) is 2.47. The van der Waals surface area contributed by atoms with Gasteiger partial charge in [0.05, 0.1) is 0 Å². The van der Waals surface area contributed by atoms with Crippen LogP contribution in [0.25, 0.3) is 0 Å². The molecule has 1 aromatic carbocycles. The highest BCUT2D eigenvalue weighted by molar-refractivity contribution is 5.26. The minimum absolute atomic E-state index is 0.602. The molecule has 1 saturated carbocycles. The first-order valence-corrected chi connectivity index (χ1v) is 7.17. The van der Waals surface area contributed by atoms with Gasteiger partial charge in [0, 0.05) is 6.04 Å². The molecule has 1 atom stereocenters. The first-order valence-electron chi connectivity index (χ1n) is 7.17. The van der Waals surface area contributed by atoms with Crippen LogP contribution in [0.4, 0.5) is 0 Å². The molecule has 0 bridgehead atoms. The summed E-state index contributed by atoms with van der Waals surface area (Å²) in [7, 11) is 0. The summed E-state index contributed by atoms with van der Waals surface area (Å²) in [6, 6.07) is 9.88. The van der Waals surface area contributed by atoms with Crippen LogP contribution in [0.2, 0.25) is 0 Å². The van der Waals surface area contributed by atoms with E-state index in [4.69, 9.17) is 0 Å². The van der Waals surface area contributed by atoms with Crippen molar-refractivity contribution in [1.29, 1.82) is 0 Å². The molecule has 0 aliphatic heterocycles. The third-order valence-corrected chi connectivity index (χ3v) is 3.59. The van der Waals surface area contributed by atoms with Gasteiger partial charge in [-0.3, -0.25) is 0 Å². The van der Waals surface area contributed by atoms with Crippen molar-refractivity contribution in [1.82, 2.24) is 5.32 Å². The Labute approximate surface area is 106 Å². The molecule has 1 unspecified atom stereocenters. The second kappa shape index (κ2) is 6.20. The van der Waals surface area contributed by atoms with E-state index in [-0.39, 0.29) is 0 Å². The van der Waals surface area contributed by atoms with Crippen molar-refractivity contribution in [2.75, 3.05) is 6.54 Å². The lowest BCUT2D eigenvalue weighted by Gasteiger charge is -2.18. The molecule has 94 valence electrons. The molecule has 1 aromatic rings. The minimum atomic E-state index is 0.602. The van der Waals surface area contributed by atoms with Crippen molar-refractivity contribution in [3.63, 3.8) is 0 Å². The molecule has 1 nitrogen and oxygen atoms in total. The van der Waals surface area contributed by atoms with Crippen LogP contribution < -0.4 is 5.32 Å². The maximum atomic E-state index is 3.70. The highest BCUT2D eigenvalue weighted by atomic mass is 14.9. The molecule has 1 N–H and O–H groups in total. The largest absolute Gasteiger partial charge is 0.310 e. The number of rotatable bonds is 7. The van der Waals surface area contributed by atoms with E-state index in [9.17, 15) is 0 Å². The topological polar surface area (TPSA) is 12.0 Å². The Hall–Kier alpha value is -0.820. The zero-order valence-electron chi connectivity index (χ0n) is 11.2. The molecule has 0 aromatic heterocycles. The average molecular weight is 231 g/mol. The minimum Gasteiger partial charge on any atom is -0.310 e. The standard InChI is InChI=1S/C16H25N/c1-3-5-13-6-8-14(9-7-13)16(15-10-11-15)17-12-4-2/h6-9,15-17H,3-5,10-12H2,1-2H3. The molecule has 1 aliphatic rings. The predicted octanol–water partition coefficient (Wildman–Crippen LogP) is 4.09. The first-order chi connectivity index (χ1) is 8.35. The van der Waals surface area contributed by atoms with Crippen molar-refractivity contribution < 1.29 is 0 Å². The molecule has 1 aliphatic carbocycles. The quantitative estimate of drug-likeness (QED) is 0.745. The van der Waals surface area contributed by atoms with Crippen LogP contribution in [0, 0.1) is 5.92 Å². The molecule has 1 heteroatoms. The third kappa shape index (κ3) is 3.57. The van der Waals surface area contributed by atoms with Gasteiger partial charge < -0.3 is 5.32 Å². The second-order valence-electron chi connectivity index (χ2n) is 5.26. The van der Waals surface area contributed by atoms with E-state index in [0.717, 1.165) is 12.5 Å². The summed E-state index contributed by atoms with van der Waals surface area (Å²) in [6.45, 7) is 5.61. The SMILES string of the molecule is CCCNC(c1ccc(CCC)cc1)C1CC1. The number of hydrogen-bond donors (Lipinski definition) is 1. The average Bonchev–Trinajstić information content (AvgIpc) is 3.16. The molecule has 1 fully saturated rings. The van der Waals surface area contributed by atoms with Gasteiger partial charge in [0.1, 0.15) is 0 Å². The van der Waals surface area contributed by atoms with Gasteiger partial charge in [-0.2, -0.15) is 0 Å². The fourth-order valence-corrected chi connectivity index (χ4v) is 2.47. The molecule has 17 heavy (non-hydrogen) atoms. The van der Waals surface area contributed by atoms with Gasteiger partial charge in [-0.25, -0.2) is 0 Å². The molecule has 0 radical (unpaired) electrons. The molecular formula is C16H25N. The summed E-state index contributed by atoms with van der Waals surface area (Å²) in [5.41, 5.74) is 2.96. The number of benzene rings is 1. The van der Waals surface area contributed by atoms with Crippen LogP contribution in [0.3, 0.4) is 0 Å². The smallest absolute Gasteiger partial charge is 0.0348 e. The van der Waals surface area contributed by atoms with Crippen LogP contribution in [-0.4, -0.2) is 6.54 Å². The zero-order valence-corrected chi connectivity index (χ0v) is 11.2. The van der Waals surface area contributed by atoms with Crippen LogP contribution in [0.15, 0.2) is 24.3 Å². The highest BCUT2D eigenvalue weighted by Crippen LogP contribution is 2.40. The van der Waals surface area contributed by atoms with Crippen molar-refractivity contribution in [3.8, 4) is 0 Å². The summed E-state index contributed by atoms with van der Waals surface area (Å²) in [5, 5.41) is 3.70. The molecule has 0 saturated heterocycles. The van der Waals surface area contributed by atoms with Gasteiger partial charge in [0.2, 0.25) is 0 Å². The van der Waals surface area contributed by atoms with E-state index in [1.54, 1.807) is 0 Å². The lowest BCUT2D eigenvalue weighted by Crippen LogP contribution is -2.23. The van der Waals surface area contributed by atoms with E-state index in [1.807, 2.05) is 0 Å². The third-order valence-electron chi connectivity index (χ3n) is 3.59. The maximum absolute atomic E-state index is 3.70. The number of hydrogen-bond acceptors (Lipinski definition) is 1. The Morgan fingerprint density at radius 1 is 1.12 bits per heavy atom. The first kappa shape index (κ1) is 12.6. The highest BCUT2D eigenvalue weighted by Gasteiger charge is 2.31. The Morgan fingerprint density at radius 2 is 1.82 bits per heavy atom. The number of nitrogens with one attached hydrogen (secondary N) is 1. The van der Waals surface area contributed by atoms with Gasteiger partial charge in [0.25, 0.3) is 0 Å². The van der Waals surface area contributed by atoms with Gasteiger partial charge >= 0.3 is 0 Å². The molecule has 0 amide bonds. The summed E-state index contributed by atoms with van der Waals surface area (Å²) >= 11 is 0. The van der Waals surface area contributed by atoms with Crippen LogP contribution in [0.1, 0.15) is 56.7 Å². The Balaban J connectivity index is 2.01. The van der Waals surface area contributed by atoms with Crippen LogP contribution >= 0.6 is 0 Å². The van der Waals surface area contributed by atoms with Crippen LogP contribution in [-0.2, 0) is 6.42 Å². The van der Waals surface area contributed by atoms with Crippen molar-refractivity contribution in [3.05, 3.63) is 35.4 Å². The zero-order chi connectivity index (χ0) is 12.1. The molecular weight excluding hydrogens is 206 g/mol. The summed E-state index contributed by atoms with van der Waals surface area (Å²) in [6.07, 6.45) is 6.46. The van der Waals surface area contributed by atoms with Crippen molar-refractivity contribution >= 4 is 0 Å². The van der Waals surface area contributed by atoms with E-state index in [0.29, 0.717) is 6.04 Å². The summed E-state index contributed by atoms with van der Waals surface area (Å²) in [5.74, 6) is 0.888. The van der Waals surface area contributed by atoms with Gasteiger partial charge in [-0.05, 0) is 49.3 Å². The number of aryl methyl sites for hydroxylation is 1. The molecule has 0 spiro atoms.